The Morgan fingerprint density at radius 2 is 1.79 bits per heavy atom. The number of hydroxylamine groups is 1. The molecule has 0 radical (unpaired) electrons. The zero-order valence-electron chi connectivity index (χ0n) is 17.7. The van der Waals surface area contributed by atoms with Gasteiger partial charge in [0.05, 0.1) is 18.4 Å². The van der Waals surface area contributed by atoms with Crippen LogP contribution in [0.5, 0.6) is 5.75 Å². The number of amides is 1. The molecule has 1 amide bonds. The van der Waals surface area contributed by atoms with Crippen molar-refractivity contribution in [3.8, 4) is 16.2 Å². The molecule has 176 valence electrons. The molecule has 4 N–H and O–H groups in total. The third-order valence-corrected chi connectivity index (χ3v) is 8.10. The zero-order valence-corrected chi connectivity index (χ0v) is 19.3. The molecule has 2 heterocycles. The highest BCUT2D eigenvalue weighted by Crippen LogP contribution is 2.30. The number of hydrogen-bond acceptors (Lipinski definition) is 8. The number of hydrogen-bond donors (Lipinski definition) is 4. The van der Waals surface area contributed by atoms with Crippen molar-refractivity contribution in [3.05, 3.63) is 84.2 Å². The number of thiophene rings is 1. The Morgan fingerprint density at radius 3 is 2.50 bits per heavy atom. The average molecular weight is 500 g/mol. The standard InChI is InChI=1S/C22H21N5O5S2/c28-18-8-6-15(7-9-18)12-19(22(29)25-30)27-17(13-23-26-27)14-24-34(31,32)21-11-10-20(33-21)16-4-2-1-3-5-16/h1-11,13,19,24,28,30H,12,14H2,(H,25,29)/t19-/m1/s1. The molecular weight excluding hydrogens is 478 g/mol. The number of benzene rings is 2. The number of rotatable bonds is 9. The predicted molar refractivity (Wildman–Crippen MR) is 125 cm³/mol. The lowest BCUT2D eigenvalue weighted by Gasteiger charge is -2.17. The van der Waals surface area contributed by atoms with Gasteiger partial charge in [-0.25, -0.2) is 23.3 Å². The molecule has 0 aliphatic heterocycles. The molecule has 0 unspecified atom stereocenters. The Bertz CT molecular complexity index is 1370. The van der Waals surface area contributed by atoms with E-state index in [1.807, 2.05) is 30.3 Å². The maximum absolute atomic E-state index is 12.9. The second-order valence-electron chi connectivity index (χ2n) is 7.34. The second-order valence-corrected chi connectivity index (χ2v) is 10.4. The van der Waals surface area contributed by atoms with Crippen LogP contribution in [0.25, 0.3) is 10.4 Å². The Labute approximate surface area is 199 Å². The van der Waals surface area contributed by atoms with Crippen LogP contribution in [-0.2, 0) is 27.8 Å². The van der Waals surface area contributed by atoms with Gasteiger partial charge in [0.25, 0.3) is 5.91 Å². The summed E-state index contributed by atoms with van der Waals surface area (Å²) in [4.78, 5) is 13.2. The predicted octanol–water partition coefficient (Wildman–Crippen LogP) is 2.48. The van der Waals surface area contributed by atoms with Gasteiger partial charge in [0.2, 0.25) is 10.0 Å². The van der Waals surface area contributed by atoms with Crippen molar-refractivity contribution in [2.45, 2.75) is 23.2 Å². The van der Waals surface area contributed by atoms with Gasteiger partial charge in [0.1, 0.15) is 16.0 Å². The van der Waals surface area contributed by atoms with Crippen LogP contribution in [0.4, 0.5) is 0 Å². The van der Waals surface area contributed by atoms with E-state index in [0.717, 1.165) is 21.8 Å². The lowest BCUT2D eigenvalue weighted by Crippen LogP contribution is -2.34. The maximum Gasteiger partial charge on any atom is 0.268 e. The van der Waals surface area contributed by atoms with Crippen LogP contribution in [0.2, 0.25) is 0 Å². The lowest BCUT2D eigenvalue weighted by molar-refractivity contribution is -0.133. The molecule has 34 heavy (non-hydrogen) atoms. The Balaban J connectivity index is 1.52. The van der Waals surface area contributed by atoms with Gasteiger partial charge in [0.15, 0.2) is 0 Å². The van der Waals surface area contributed by atoms with Gasteiger partial charge in [-0.2, -0.15) is 0 Å². The molecule has 2 aromatic heterocycles. The first-order chi connectivity index (χ1) is 16.4. The van der Waals surface area contributed by atoms with Crippen molar-refractivity contribution in [3.63, 3.8) is 0 Å². The van der Waals surface area contributed by atoms with Crippen LogP contribution in [-0.4, -0.2) is 39.6 Å². The quantitative estimate of drug-likeness (QED) is 0.204. The van der Waals surface area contributed by atoms with Crippen molar-refractivity contribution in [1.29, 1.82) is 0 Å². The minimum atomic E-state index is -3.83. The minimum Gasteiger partial charge on any atom is -0.508 e. The molecule has 4 aromatic rings. The fourth-order valence-corrected chi connectivity index (χ4v) is 5.69. The monoisotopic (exact) mass is 499 g/mol. The van der Waals surface area contributed by atoms with E-state index in [-0.39, 0.29) is 22.9 Å². The number of nitrogens with zero attached hydrogens (tertiary/aromatic N) is 3. The number of aromatic hydroxyl groups is 1. The van der Waals surface area contributed by atoms with Crippen molar-refractivity contribution in [1.82, 2.24) is 25.2 Å². The fraction of sp³-hybridized carbons (Fsp3) is 0.136. The second kappa shape index (κ2) is 10.1. The normalized spacial score (nSPS) is 12.4. The molecule has 0 saturated heterocycles. The molecular formula is C22H21N5O5S2. The highest BCUT2D eigenvalue weighted by molar-refractivity contribution is 7.91. The van der Waals surface area contributed by atoms with Gasteiger partial charge < -0.3 is 5.11 Å². The minimum absolute atomic E-state index is 0.0757. The molecule has 0 saturated carbocycles. The first-order valence-corrected chi connectivity index (χ1v) is 12.4. The van der Waals surface area contributed by atoms with Gasteiger partial charge >= 0.3 is 0 Å². The smallest absolute Gasteiger partial charge is 0.268 e. The van der Waals surface area contributed by atoms with E-state index < -0.39 is 22.0 Å². The fourth-order valence-electron chi connectivity index (χ4n) is 3.34. The third-order valence-electron chi connectivity index (χ3n) is 5.07. The van der Waals surface area contributed by atoms with E-state index in [2.05, 4.69) is 15.0 Å². The number of carbonyl (C=O) groups excluding carboxylic acids is 1. The molecule has 0 aliphatic rings. The van der Waals surface area contributed by atoms with Crippen molar-refractivity contribution in [2.24, 2.45) is 0 Å². The molecule has 0 aliphatic carbocycles. The zero-order chi connectivity index (χ0) is 24.1. The number of nitrogens with one attached hydrogen (secondary N) is 2. The molecule has 0 fully saturated rings. The van der Waals surface area contributed by atoms with Crippen molar-refractivity contribution >= 4 is 27.3 Å². The number of phenols is 1. The highest BCUT2D eigenvalue weighted by Gasteiger charge is 2.25. The van der Waals surface area contributed by atoms with Gasteiger partial charge in [-0.1, -0.05) is 47.7 Å². The summed E-state index contributed by atoms with van der Waals surface area (Å²) in [5.74, 6) is -0.666. The van der Waals surface area contributed by atoms with Crippen LogP contribution in [0.3, 0.4) is 0 Å². The van der Waals surface area contributed by atoms with Crippen LogP contribution < -0.4 is 10.2 Å². The summed E-state index contributed by atoms with van der Waals surface area (Å²) in [6.07, 6.45) is 1.47. The van der Waals surface area contributed by atoms with E-state index in [4.69, 9.17) is 0 Å². The number of aromatic nitrogens is 3. The van der Waals surface area contributed by atoms with Crippen LogP contribution in [0.15, 0.2) is 77.1 Å². The average Bonchev–Trinajstić information content (AvgIpc) is 3.53. The summed E-state index contributed by atoms with van der Waals surface area (Å²) in [7, 11) is -3.83. The largest absolute Gasteiger partial charge is 0.508 e. The van der Waals surface area contributed by atoms with Crippen LogP contribution >= 0.6 is 11.3 Å². The van der Waals surface area contributed by atoms with E-state index in [9.17, 15) is 23.5 Å². The summed E-state index contributed by atoms with van der Waals surface area (Å²) >= 11 is 1.15. The first-order valence-electron chi connectivity index (χ1n) is 10.1. The summed E-state index contributed by atoms with van der Waals surface area (Å²) in [6.45, 7) is -0.168. The van der Waals surface area contributed by atoms with Gasteiger partial charge in [-0.05, 0) is 35.4 Å². The van der Waals surface area contributed by atoms with E-state index in [0.29, 0.717) is 11.3 Å². The van der Waals surface area contributed by atoms with E-state index in [1.165, 1.54) is 29.1 Å². The topological polar surface area (TPSA) is 146 Å². The van der Waals surface area contributed by atoms with Gasteiger partial charge in [-0.15, -0.1) is 16.4 Å². The summed E-state index contributed by atoms with van der Waals surface area (Å²) in [6, 6.07) is 18.0. The number of phenolic OH excluding ortho intramolecular Hbond substituents is 1. The Kier molecular flexibility index (Phi) is 7.03. The van der Waals surface area contributed by atoms with E-state index in [1.54, 1.807) is 23.7 Å². The molecule has 10 nitrogen and oxygen atoms in total. The highest BCUT2D eigenvalue weighted by atomic mass is 32.2. The molecule has 2 aromatic carbocycles. The van der Waals surface area contributed by atoms with Crippen LogP contribution in [0, 0.1) is 0 Å². The summed E-state index contributed by atoms with van der Waals surface area (Å²) in [5, 5.41) is 26.4. The molecule has 12 heteroatoms. The first kappa shape index (κ1) is 23.6. The lowest BCUT2D eigenvalue weighted by atomic mass is 10.1. The van der Waals surface area contributed by atoms with Gasteiger partial charge in [-0.3, -0.25) is 10.0 Å². The van der Waals surface area contributed by atoms with Crippen molar-refractivity contribution in [2.75, 3.05) is 0 Å². The third kappa shape index (κ3) is 5.31. The van der Waals surface area contributed by atoms with Crippen molar-refractivity contribution < 1.29 is 23.5 Å². The molecule has 0 spiro atoms. The molecule has 4 rings (SSSR count). The Hall–Kier alpha value is -3.58. The summed E-state index contributed by atoms with van der Waals surface area (Å²) < 4.78 is 29.7. The Morgan fingerprint density at radius 1 is 1.06 bits per heavy atom. The van der Waals surface area contributed by atoms with E-state index >= 15 is 0 Å². The van der Waals surface area contributed by atoms with Crippen LogP contribution in [0.1, 0.15) is 17.3 Å². The molecule has 1 atom stereocenters. The van der Waals surface area contributed by atoms with Gasteiger partial charge in [0, 0.05) is 11.3 Å². The maximum atomic E-state index is 12.9. The SMILES string of the molecule is O=C(NO)[C@@H](Cc1ccc(O)cc1)n1nncc1CNS(=O)(=O)c1ccc(-c2ccccc2)s1. The summed E-state index contributed by atoms with van der Waals surface area (Å²) in [5.41, 5.74) is 3.56. The molecule has 0 bridgehead atoms. The number of sulfonamides is 1. The number of carbonyl (C=O) groups is 1.